The molecule has 0 N–H and O–H groups in total. The highest BCUT2D eigenvalue weighted by Crippen LogP contribution is 2.60. The fraction of sp³-hybridized carbons (Fsp3) is 0.426. The third kappa shape index (κ3) is 5.95. The highest BCUT2D eigenvalue weighted by atomic mass is 16.7. The Kier molecular flexibility index (Phi) is 9.02. The summed E-state index contributed by atoms with van der Waals surface area (Å²) in [5.41, 5.74) is 5.72. The molecule has 2 saturated carbocycles. The van der Waals surface area contributed by atoms with Gasteiger partial charge in [0.15, 0.2) is 23.0 Å². The normalized spacial score (nSPS) is 28.6. The summed E-state index contributed by atoms with van der Waals surface area (Å²) in [6.07, 6.45) is 4.29. The van der Waals surface area contributed by atoms with Gasteiger partial charge in [-0.3, -0.25) is 9.59 Å². The fourth-order valence-electron chi connectivity index (χ4n) is 11.2. The highest BCUT2D eigenvalue weighted by molar-refractivity contribution is 5.87. The molecule has 2 aliphatic heterocycles. The van der Waals surface area contributed by atoms with E-state index < -0.39 is 24.1 Å². The molecule has 4 aromatic rings. The van der Waals surface area contributed by atoms with Gasteiger partial charge in [-0.2, -0.15) is 0 Å². The van der Waals surface area contributed by atoms with Crippen LogP contribution in [0.25, 0.3) is 0 Å². The number of fused-ring (bicyclic) bond motifs is 8. The molecular formula is C47H46O11. The molecule has 0 spiro atoms. The van der Waals surface area contributed by atoms with Crippen molar-refractivity contribution in [2.75, 3.05) is 27.6 Å². The predicted octanol–water partition coefficient (Wildman–Crippen LogP) is 8.63. The van der Waals surface area contributed by atoms with Crippen molar-refractivity contribution in [3.05, 3.63) is 106 Å². The molecule has 0 unspecified atom stereocenters. The molecule has 4 aromatic carbocycles. The van der Waals surface area contributed by atoms with E-state index in [1.54, 1.807) is 12.1 Å². The quantitative estimate of drug-likeness (QED) is 0.126. The van der Waals surface area contributed by atoms with Gasteiger partial charge in [-0.15, -0.1) is 0 Å². The van der Waals surface area contributed by atoms with Crippen LogP contribution in [0.15, 0.2) is 72.8 Å². The van der Waals surface area contributed by atoms with Crippen molar-refractivity contribution < 1.29 is 52.3 Å². The third-order valence-corrected chi connectivity index (χ3v) is 14.0. The molecule has 0 aromatic heterocycles. The van der Waals surface area contributed by atoms with E-state index in [0.717, 1.165) is 61.0 Å². The first-order valence-electron chi connectivity index (χ1n) is 20.3. The van der Waals surface area contributed by atoms with Crippen molar-refractivity contribution in [2.45, 2.75) is 70.0 Å². The highest BCUT2D eigenvalue weighted by Gasteiger charge is 2.56. The topological polar surface area (TPSA) is 125 Å². The van der Waals surface area contributed by atoms with Crippen LogP contribution < -0.4 is 28.4 Å². The number of aryl methyl sites for hydroxylation is 1. The molecule has 3 fully saturated rings. The first-order valence-corrected chi connectivity index (χ1v) is 20.3. The molecule has 58 heavy (non-hydrogen) atoms. The van der Waals surface area contributed by atoms with Gasteiger partial charge in [0.05, 0.1) is 26.7 Å². The molecule has 2 heterocycles. The number of methoxy groups -OCH3 is 2. The number of benzene rings is 4. The second-order valence-corrected chi connectivity index (χ2v) is 16.7. The van der Waals surface area contributed by atoms with Gasteiger partial charge in [0.25, 0.3) is 0 Å². The Morgan fingerprint density at radius 1 is 0.810 bits per heavy atom. The third-order valence-electron chi connectivity index (χ3n) is 14.0. The van der Waals surface area contributed by atoms with Gasteiger partial charge in [-0.25, -0.2) is 4.79 Å². The summed E-state index contributed by atoms with van der Waals surface area (Å²) in [5.74, 6) is 2.51. The lowest BCUT2D eigenvalue weighted by Gasteiger charge is -2.48. The second kappa shape index (κ2) is 14.3. The predicted molar refractivity (Wildman–Crippen MR) is 209 cm³/mol. The molecule has 0 bridgehead atoms. The van der Waals surface area contributed by atoms with E-state index in [-0.39, 0.29) is 54.6 Å². The molecule has 11 heteroatoms. The number of hydrogen-bond acceptors (Lipinski definition) is 11. The standard InChI is InChI=1S/C47H46O11/c1-47-16-15-30-29-12-10-28(17-26(29)9-11-31(30)35(47)13-14-40(47)48)57-43-33-21-37-36(55-24-56-37)20-32(33)41(42-34(43)23-53-45(42)49)27-18-38(51-2)44(39(19-27)52-3)58-46(50)54-22-25-7-5-4-6-8-25/h4-8,10,12,17-21,30-31,34-35,41-43H,9,11,13-16,22-24H2,1-3H3/t30-,31-,34+,35+,41-,42+,43-,47+/m1/s1. The lowest BCUT2D eigenvalue weighted by molar-refractivity contribution is -0.141. The second-order valence-electron chi connectivity index (χ2n) is 16.7. The first kappa shape index (κ1) is 36.6. The number of cyclic esters (lactones) is 1. The van der Waals surface area contributed by atoms with E-state index in [9.17, 15) is 14.4 Å². The maximum atomic E-state index is 13.9. The summed E-state index contributed by atoms with van der Waals surface area (Å²) in [4.78, 5) is 39.7. The zero-order valence-electron chi connectivity index (χ0n) is 32.8. The summed E-state index contributed by atoms with van der Waals surface area (Å²) in [6.45, 7) is 2.50. The number of carbonyl (C=O) groups is 3. The van der Waals surface area contributed by atoms with Crippen LogP contribution in [0.3, 0.4) is 0 Å². The van der Waals surface area contributed by atoms with E-state index >= 15 is 0 Å². The summed E-state index contributed by atoms with van der Waals surface area (Å²) in [7, 11) is 2.95. The molecule has 1 saturated heterocycles. The van der Waals surface area contributed by atoms with Crippen molar-refractivity contribution in [3.8, 4) is 34.5 Å². The van der Waals surface area contributed by atoms with Crippen molar-refractivity contribution in [1.82, 2.24) is 0 Å². The molecule has 8 atom stereocenters. The number of esters is 1. The van der Waals surface area contributed by atoms with Crippen LogP contribution in [0.5, 0.6) is 34.5 Å². The minimum atomic E-state index is -0.919. The fourth-order valence-corrected chi connectivity index (χ4v) is 11.2. The van der Waals surface area contributed by atoms with Gasteiger partial charge in [0.1, 0.15) is 24.2 Å². The van der Waals surface area contributed by atoms with Crippen molar-refractivity contribution in [2.24, 2.45) is 29.1 Å². The van der Waals surface area contributed by atoms with Gasteiger partial charge < -0.3 is 37.9 Å². The van der Waals surface area contributed by atoms with E-state index in [2.05, 4.69) is 25.1 Å². The van der Waals surface area contributed by atoms with E-state index in [4.69, 9.17) is 37.9 Å². The minimum Gasteiger partial charge on any atom is -0.493 e. The maximum Gasteiger partial charge on any atom is 0.514 e. The smallest absolute Gasteiger partial charge is 0.493 e. The lowest BCUT2D eigenvalue weighted by atomic mass is 9.55. The van der Waals surface area contributed by atoms with Crippen molar-refractivity contribution in [1.29, 1.82) is 0 Å². The number of ether oxygens (including phenoxy) is 8. The summed E-state index contributed by atoms with van der Waals surface area (Å²) >= 11 is 0. The first-order chi connectivity index (χ1) is 28.2. The molecule has 10 rings (SSSR count). The Morgan fingerprint density at radius 2 is 1.57 bits per heavy atom. The van der Waals surface area contributed by atoms with Crippen molar-refractivity contribution >= 4 is 17.9 Å². The molecule has 0 amide bonds. The van der Waals surface area contributed by atoms with Crippen LogP contribution in [0, 0.1) is 29.1 Å². The molecule has 6 aliphatic rings. The van der Waals surface area contributed by atoms with E-state index in [1.165, 1.54) is 25.3 Å². The summed E-state index contributed by atoms with van der Waals surface area (Å²) < 4.78 is 47.2. The molecule has 0 radical (unpaired) electrons. The molecule has 11 nitrogen and oxygen atoms in total. The van der Waals surface area contributed by atoms with Gasteiger partial charge in [-0.05, 0) is 114 Å². The van der Waals surface area contributed by atoms with Gasteiger partial charge in [0, 0.05) is 29.2 Å². The van der Waals surface area contributed by atoms with Crippen LogP contribution in [0.4, 0.5) is 4.79 Å². The molecule has 4 aliphatic carbocycles. The number of ketones is 1. The average Bonchev–Trinajstić information content (AvgIpc) is 3.96. The zero-order valence-corrected chi connectivity index (χ0v) is 32.8. The Bertz CT molecular complexity index is 2280. The van der Waals surface area contributed by atoms with Gasteiger partial charge >= 0.3 is 12.1 Å². The monoisotopic (exact) mass is 786 g/mol. The largest absolute Gasteiger partial charge is 0.514 e. The van der Waals surface area contributed by atoms with Crippen LogP contribution in [0.1, 0.15) is 90.3 Å². The van der Waals surface area contributed by atoms with Gasteiger partial charge in [0.2, 0.25) is 12.5 Å². The number of Topliss-reactive ketones (excluding diaryl/α,β-unsaturated/α-hetero) is 1. The Morgan fingerprint density at radius 3 is 2.33 bits per heavy atom. The lowest BCUT2D eigenvalue weighted by Crippen LogP contribution is -2.42. The number of rotatable bonds is 8. The molecule has 300 valence electrons. The number of carbonyl (C=O) groups excluding carboxylic acids is 3. The Balaban J connectivity index is 0.979. The minimum absolute atomic E-state index is 0.0291. The summed E-state index contributed by atoms with van der Waals surface area (Å²) in [5, 5.41) is 0. The summed E-state index contributed by atoms with van der Waals surface area (Å²) in [6, 6.07) is 23.2. The Labute approximate surface area is 336 Å². The number of hydrogen-bond donors (Lipinski definition) is 0. The SMILES string of the molecule is COc1cc([C@@H]2c3cc4c(cc3[C@@H](Oc3ccc5c(c3)CC[C@@H]3[C@@H]5CC[C@]5(C)C(=O)CC[C@@H]35)[C@H]3COC(=O)[C@H]23)OCO4)cc(OC)c1OC(=O)OCc1ccccc1. The van der Waals surface area contributed by atoms with Crippen LogP contribution in [-0.2, 0) is 32.1 Å². The van der Waals surface area contributed by atoms with E-state index in [0.29, 0.717) is 40.6 Å². The Hall–Kier alpha value is -5.71. The van der Waals surface area contributed by atoms with Crippen molar-refractivity contribution in [3.63, 3.8) is 0 Å². The average molecular weight is 787 g/mol. The maximum absolute atomic E-state index is 13.9. The van der Waals surface area contributed by atoms with E-state index in [1.807, 2.05) is 42.5 Å². The molecular weight excluding hydrogens is 741 g/mol. The van der Waals surface area contributed by atoms with Crippen LogP contribution >= 0.6 is 0 Å². The van der Waals surface area contributed by atoms with Gasteiger partial charge in [-0.1, -0.05) is 43.3 Å². The van der Waals surface area contributed by atoms with Crippen LogP contribution in [0.2, 0.25) is 0 Å². The zero-order chi connectivity index (χ0) is 39.7. The van der Waals surface area contributed by atoms with Crippen LogP contribution in [-0.4, -0.2) is 45.5 Å².